The summed E-state index contributed by atoms with van der Waals surface area (Å²) in [5.41, 5.74) is 2.83. The number of carbonyl (C=O) groups excluding carboxylic acids is 3. The second-order valence-electron chi connectivity index (χ2n) is 9.50. The normalized spacial score (nSPS) is 13.3. The fourth-order valence-corrected chi connectivity index (χ4v) is 3.63. The van der Waals surface area contributed by atoms with Gasteiger partial charge in [0.25, 0.3) is 0 Å². The first kappa shape index (κ1) is 24.8. The Labute approximate surface area is 209 Å². The van der Waals surface area contributed by atoms with E-state index in [1.165, 1.54) is 4.90 Å². The van der Waals surface area contributed by atoms with Crippen LogP contribution >= 0.6 is 0 Å². The van der Waals surface area contributed by atoms with Gasteiger partial charge in [-0.25, -0.2) is 14.3 Å². The fraction of sp³-hybridized carbons (Fsp3) is 0.308. The lowest BCUT2D eigenvalue weighted by Crippen LogP contribution is -2.37. The van der Waals surface area contributed by atoms with Crippen molar-refractivity contribution in [2.24, 2.45) is 0 Å². The van der Waals surface area contributed by atoms with Crippen LogP contribution in [0.25, 0.3) is 5.69 Å². The number of carbonyl (C=O) groups is 3. The van der Waals surface area contributed by atoms with Crippen molar-refractivity contribution in [2.75, 3.05) is 30.3 Å². The lowest BCUT2D eigenvalue weighted by Gasteiger charge is -2.14. The zero-order chi connectivity index (χ0) is 25.7. The van der Waals surface area contributed by atoms with E-state index in [0.29, 0.717) is 24.7 Å². The highest BCUT2D eigenvalue weighted by molar-refractivity contribution is 5.99. The number of hydrogen-bond acceptors (Lipinski definition) is 5. The van der Waals surface area contributed by atoms with Crippen LogP contribution in [0.5, 0.6) is 0 Å². The maximum Gasteiger partial charge on any atom is 0.410 e. The third-order valence-electron chi connectivity index (χ3n) is 5.58. The van der Waals surface area contributed by atoms with Crippen molar-refractivity contribution in [1.29, 1.82) is 0 Å². The van der Waals surface area contributed by atoms with Gasteiger partial charge in [0.1, 0.15) is 19.0 Å². The number of hydrogen-bond donors (Lipinski definition) is 3. The first-order valence-corrected chi connectivity index (χ1v) is 11.7. The van der Waals surface area contributed by atoms with Crippen molar-refractivity contribution in [3.05, 3.63) is 71.9 Å². The third-order valence-corrected chi connectivity index (χ3v) is 5.58. The zero-order valence-electron chi connectivity index (χ0n) is 20.6. The summed E-state index contributed by atoms with van der Waals surface area (Å²) in [6, 6.07) is 18.2. The molecule has 1 aliphatic rings. The molecule has 0 unspecified atom stereocenters. The second kappa shape index (κ2) is 10.5. The number of nitrogens with one attached hydrogen (secondary N) is 3. The first-order valence-electron chi connectivity index (χ1n) is 11.7. The Morgan fingerprint density at radius 1 is 1.03 bits per heavy atom. The number of nitrogens with zero attached hydrogens (tertiary/aromatic N) is 3. The van der Waals surface area contributed by atoms with Gasteiger partial charge >= 0.3 is 12.1 Å². The molecule has 0 bridgehead atoms. The number of para-hydroxylation sites is 1. The maximum atomic E-state index is 12.7. The minimum Gasteiger partial charge on any atom is -0.448 e. The number of cyclic esters (lactones) is 1. The Hall–Kier alpha value is -4.34. The average Bonchev–Trinajstić information content (AvgIpc) is 3.44. The molecule has 3 aromatic rings. The summed E-state index contributed by atoms with van der Waals surface area (Å²) >= 11 is 0. The average molecular weight is 491 g/mol. The van der Waals surface area contributed by atoms with Gasteiger partial charge in [0, 0.05) is 23.7 Å². The number of rotatable bonds is 7. The highest BCUT2D eigenvalue weighted by Gasteiger charge is 2.24. The van der Waals surface area contributed by atoms with Crippen molar-refractivity contribution >= 4 is 29.5 Å². The van der Waals surface area contributed by atoms with Crippen LogP contribution in [0.15, 0.2) is 60.7 Å². The van der Waals surface area contributed by atoms with Crippen LogP contribution in [0, 0.1) is 0 Å². The standard InChI is InChI=1S/C26H30N6O4/c1-26(2,3)21-15-22(29-24(34)28-19-9-5-4-6-10-19)32(30-21)20-11-7-8-18(14-20)16-27-23(33)17-31-12-13-36-25(31)35/h4-11,14-15H,12-13,16-17H2,1-3H3,(H,27,33)(H2,28,29,34). The van der Waals surface area contributed by atoms with Crippen molar-refractivity contribution < 1.29 is 19.1 Å². The molecule has 1 aliphatic heterocycles. The smallest absolute Gasteiger partial charge is 0.410 e. The molecule has 0 radical (unpaired) electrons. The van der Waals surface area contributed by atoms with Gasteiger partial charge in [-0.1, -0.05) is 51.1 Å². The zero-order valence-corrected chi connectivity index (χ0v) is 20.6. The summed E-state index contributed by atoms with van der Waals surface area (Å²) in [5.74, 6) is 0.246. The summed E-state index contributed by atoms with van der Waals surface area (Å²) in [5, 5.41) is 13.3. The van der Waals surface area contributed by atoms with Gasteiger partial charge < -0.3 is 15.4 Å². The van der Waals surface area contributed by atoms with Crippen LogP contribution in [0.3, 0.4) is 0 Å². The minimum absolute atomic E-state index is 0.0444. The van der Waals surface area contributed by atoms with Gasteiger partial charge in [-0.15, -0.1) is 0 Å². The van der Waals surface area contributed by atoms with Crippen LogP contribution in [0.4, 0.5) is 21.1 Å². The monoisotopic (exact) mass is 490 g/mol. The predicted molar refractivity (Wildman–Crippen MR) is 136 cm³/mol. The van der Waals surface area contributed by atoms with E-state index in [1.807, 2.05) is 60.7 Å². The number of urea groups is 1. The first-order chi connectivity index (χ1) is 17.2. The molecule has 3 N–H and O–H groups in total. The van der Waals surface area contributed by atoms with Gasteiger partial charge in [0.2, 0.25) is 5.91 Å². The van der Waals surface area contributed by atoms with Crippen LogP contribution in [0.1, 0.15) is 32.0 Å². The minimum atomic E-state index is -0.475. The van der Waals surface area contributed by atoms with E-state index in [-0.39, 0.29) is 30.4 Å². The van der Waals surface area contributed by atoms with E-state index in [9.17, 15) is 14.4 Å². The fourth-order valence-electron chi connectivity index (χ4n) is 3.63. The molecule has 0 saturated carbocycles. The van der Waals surface area contributed by atoms with Crippen molar-refractivity contribution in [3.8, 4) is 5.69 Å². The van der Waals surface area contributed by atoms with Gasteiger partial charge in [-0.05, 0) is 29.8 Å². The molecule has 1 aromatic heterocycles. The summed E-state index contributed by atoms with van der Waals surface area (Å²) in [6.07, 6.45) is -0.475. The Morgan fingerprint density at radius 3 is 2.50 bits per heavy atom. The molecule has 36 heavy (non-hydrogen) atoms. The number of ether oxygens (including phenoxy) is 1. The summed E-state index contributed by atoms with van der Waals surface area (Å²) in [6.45, 7) is 7.09. The molecule has 4 amide bonds. The second-order valence-corrected chi connectivity index (χ2v) is 9.50. The van der Waals surface area contributed by atoms with E-state index >= 15 is 0 Å². The molecule has 1 fully saturated rings. The van der Waals surface area contributed by atoms with Crippen molar-refractivity contribution in [3.63, 3.8) is 0 Å². The lowest BCUT2D eigenvalue weighted by atomic mass is 9.92. The van der Waals surface area contributed by atoms with Crippen molar-refractivity contribution in [2.45, 2.75) is 32.7 Å². The molecule has 0 atom stereocenters. The van der Waals surface area contributed by atoms with E-state index in [4.69, 9.17) is 9.84 Å². The molecular weight excluding hydrogens is 460 g/mol. The molecule has 4 rings (SSSR count). The topological polar surface area (TPSA) is 118 Å². The Bertz CT molecular complexity index is 1250. The van der Waals surface area contributed by atoms with Gasteiger partial charge in [-0.2, -0.15) is 5.10 Å². The summed E-state index contributed by atoms with van der Waals surface area (Å²) in [4.78, 5) is 37.9. The maximum absolute atomic E-state index is 12.7. The quantitative estimate of drug-likeness (QED) is 0.465. The van der Waals surface area contributed by atoms with Gasteiger partial charge in [0.15, 0.2) is 0 Å². The van der Waals surface area contributed by atoms with Crippen LogP contribution in [-0.4, -0.2) is 52.4 Å². The number of benzene rings is 2. The number of amides is 4. The molecule has 2 heterocycles. The van der Waals surface area contributed by atoms with Gasteiger partial charge in [0.05, 0.1) is 17.9 Å². The highest BCUT2D eigenvalue weighted by atomic mass is 16.6. The summed E-state index contributed by atoms with van der Waals surface area (Å²) < 4.78 is 6.53. The molecule has 10 heteroatoms. The van der Waals surface area contributed by atoms with E-state index in [0.717, 1.165) is 16.9 Å². The Balaban J connectivity index is 1.49. The van der Waals surface area contributed by atoms with Crippen LogP contribution in [-0.2, 0) is 21.5 Å². The Kier molecular flexibility index (Phi) is 7.23. The molecule has 0 aliphatic carbocycles. The lowest BCUT2D eigenvalue weighted by molar-refractivity contribution is -0.121. The third kappa shape index (κ3) is 6.21. The summed E-state index contributed by atoms with van der Waals surface area (Å²) in [7, 11) is 0. The molecule has 0 spiro atoms. The molecule has 2 aromatic carbocycles. The molecule has 188 valence electrons. The van der Waals surface area contributed by atoms with Crippen LogP contribution < -0.4 is 16.0 Å². The number of aromatic nitrogens is 2. The molecule has 10 nitrogen and oxygen atoms in total. The highest BCUT2D eigenvalue weighted by Crippen LogP contribution is 2.27. The van der Waals surface area contributed by atoms with Gasteiger partial charge in [-0.3, -0.25) is 15.0 Å². The molecular formula is C26H30N6O4. The van der Waals surface area contributed by atoms with E-state index in [2.05, 4.69) is 36.7 Å². The van der Waals surface area contributed by atoms with Crippen molar-refractivity contribution in [1.82, 2.24) is 20.0 Å². The molecule has 1 saturated heterocycles. The van der Waals surface area contributed by atoms with E-state index < -0.39 is 6.09 Å². The van der Waals surface area contributed by atoms with Crippen LogP contribution in [0.2, 0.25) is 0 Å². The largest absolute Gasteiger partial charge is 0.448 e. The number of anilines is 2. The Morgan fingerprint density at radius 2 is 1.81 bits per heavy atom. The predicted octanol–water partition coefficient (Wildman–Crippen LogP) is 3.88. The van der Waals surface area contributed by atoms with E-state index in [1.54, 1.807) is 4.68 Å². The SMILES string of the molecule is CC(C)(C)c1cc(NC(=O)Nc2ccccc2)n(-c2cccc(CNC(=O)CN3CCOC3=O)c2)n1.